The van der Waals surface area contributed by atoms with Gasteiger partial charge < -0.3 is 15.4 Å². The zero-order valence-corrected chi connectivity index (χ0v) is 21.1. The molecule has 1 amide bonds. The number of Topliss-reactive ketones (excluding diaryl/α,β-unsaturated/α-hetero) is 1. The molecule has 35 heavy (non-hydrogen) atoms. The number of aryl methyl sites for hydroxylation is 2. The van der Waals surface area contributed by atoms with Crippen LogP contribution in [0.25, 0.3) is 0 Å². The van der Waals surface area contributed by atoms with E-state index in [1.807, 2.05) is 63.2 Å². The van der Waals surface area contributed by atoms with E-state index in [4.69, 9.17) is 4.74 Å². The number of hydrogen-bond donors (Lipinski definition) is 2. The van der Waals surface area contributed by atoms with Crippen LogP contribution >= 0.6 is 11.8 Å². The van der Waals surface area contributed by atoms with Crippen LogP contribution < -0.4 is 15.4 Å². The molecule has 0 unspecified atom stereocenters. The van der Waals surface area contributed by atoms with Gasteiger partial charge in [0.25, 0.3) is 0 Å². The Morgan fingerprint density at radius 2 is 2.00 bits per heavy atom. The Bertz CT molecular complexity index is 1270. The third kappa shape index (κ3) is 5.28. The number of amides is 1. The van der Waals surface area contributed by atoms with E-state index >= 15 is 0 Å². The average Bonchev–Trinajstić information content (AvgIpc) is 2.85. The highest BCUT2D eigenvalue weighted by atomic mass is 32.2. The van der Waals surface area contributed by atoms with Crippen LogP contribution in [0.4, 0.5) is 5.69 Å². The molecule has 2 N–H and O–H groups in total. The Hall–Kier alpha value is -3.50. The van der Waals surface area contributed by atoms with E-state index in [0.717, 1.165) is 40.9 Å². The zero-order valence-electron chi connectivity index (χ0n) is 20.2. The summed E-state index contributed by atoms with van der Waals surface area (Å²) in [5.41, 5.74) is 5.74. The Morgan fingerprint density at radius 3 is 2.74 bits per heavy atom. The summed E-state index contributed by atoms with van der Waals surface area (Å²) in [6.45, 7) is 6.42. The Morgan fingerprint density at radius 1 is 1.20 bits per heavy atom. The molecule has 2 aromatic carbocycles. The van der Waals surface area contributed by atoms with Crippen molar-refractivity contribution in [3.63, 3.8) is 0 Å². The van der Waals surface area contributed by atoms with Gasteiger partial charge >= 0.3 is 0 Å². The number of dihydropyridines is 1. The number of hydrogen-bond acceptors (Lipinski definition) is 6. The molecule has 7 heteroatoms. The zero-order chi connectivity index (χ0) is 24.9. The van der Waals surface area contributed by atoms with Crippen molar-refractivity contribution in [2.75, 3.05) is 17.7 Å². The first-order valence-corrected chi connectivity index (χ1v) is 12.8. The van der Waals surface area contributed by atoms with E-state index in [9.17, 15) is 14.9 Å². The normalized spacial score (nSPS) is 17.4. The minimum absolute atomic E-state index is 0.0549. The number of ether oxygens (including phenoxy) is 1. The third-order valence-electron chi connectivity index (χ3n) is 6.33. The van der Waals surface area contributed by atoms with Gasteiger partial charge in [0.15, 0.2) is 5.78 Å². The van der Waals surface area contributed by atoms with E-state index in [1.165, 1.54) is 11.8 Å². The topological polar surface area (TPSA) is 91.2 Å². The highest BCUT2D eigenvalue weighted by molar-refractivity contribution is 8.03. The van der Waals surface area contributed by atoms with Gasteiger partial charge in [-0.2, -0.15) is 5.26 Å². The molecule has 4 rings (SSSR count). The van der Waals surface area contributed by atoms with E-state index in [0.29, 0.717) is 35.0 Å². The summed E-state index contributed by atoms with van der Waals surface area (Å²) in [6, 6.07) is 15.7. The molecule has 0 spiro atoms. The van der Waals surface area contributed by atoms with Gasteiger partial charge in [-0.25, -0.2) is 0 Å². The number of rotatable bonds is 7. The predicted octanol–water partition coefficient (Wildman–Crippen LogP) is 5.50. The number of carbonyl (C=O) groups is 2. The van der Waals surface area contributed by atoms with Gasteiger partial charge in [0, 0.05) is 28.9 Å². The Labute approximate surface area is 210 Å². The maximum atomic E-state index is 13.0. The van der Waals surface area contributed by atoms with Crippen molar-refractivity contribution in [2.24, 2.45) is 0 Å². The van der Waals surface area contributed by atoms with E-state index in [2.05, 4.69) is 16.7 Å². The summed E-state index contributed by atoms with van der Waals surface area (Å²) in [5.74, 6) is 0.181. The number of anilines is 1. The van der Waals surface area contributed by atoms with Gasteiger partial charge in [0.2, 0.25) is 5.91 Å². The maximum absolute atomic E-state index is 13.0. The number of benzene rings is 2. The quantitative estimate of drug-likeness (QED) is 0.536. The second-order valence-electron chi connectivity index (χ2n) is 8.69. The van der Waals surface area contributed by atoms with E-state index < -0.39 is 5.92 Å². The van der Waals surface area contributed by atoms with Crippen LogP contribution in [0, 0.1) is 25.2 Å². The minimum atomic E-state index is -0.517. The SMILES string of the molecule is CCOc1ccccc1[C@H]1C(C#N)=C(SCC(=O)Nc2ccc(C)c(C)c2)NC2=C1C(=O)CCC2. The van der Waals surface area contributed by atoms with E-state index in [1.54, 1.807) is 0 Å². The van der Waals surface area contributed by atoms with Gasteiger partial charge in [-0.05, 0) is 62.9 Å². The van der Waals surface area contributed by atoms with Crippen molar-refractivity contribution in [3.05, 3.63) is 81.0 Å². The monoisotopic (exact) mass is 487 g/mol. The fourth-order valence-corrected chi connectivity index (χ4v) is 5.37. The molecule has 1 atom stereocenters. The van der Waals surface area contributed by atoms with Crippen molar-refractivity contribution in [3.8, 4) is 11.8 Å². The Kier molecular flexibility index (Phi) is 7.62. The van der Waals surface area contributed by atoms with Crippen molar-refractivity contribution < 1.29 is 14.3 Å². The van der Waals surface area contributed by atoms with Crippen LogP contribution in [0.3, 0.4) is 0 Å². The maximum Gasteiger partial charge on any atom is 0.234 e. The number of thioether (sulfide) groups is 1. The molecule has 2 aromatic rings. The average molecular weight is 488 g/mol. The van der Waals surface area contributed by atoms with Crippen molar-refractivity contribution in [1.29, 1.82) is 5.26 Å². The van der Waals surface area contributed by atoms with Gasteiger partial charge in [0.1, 0.15) is 5.75 Å². The molecule has 1 aliphatic heterocycles. The first-order valence-electron chi connectivity index (χ1n) is 11.8. The fraction of sp³-hybridized carbons (Fsp3) is 0.321. The summed E-state index contributed by atoms with van der Waals surface area (Å²) < 4.78 is 5.86. The second-order valence-corrected chi connectivity index (χ2v) is 9.67. The first-order chi connectivity index (χ1) is 16.9. The summed E-state index contributed by atoms with van der Waals surface area (Å²) in [4.78, 5) is 25.7. The smallest absolute Gasteiger partial charge is 0.234 e. The van der Waals surface area contributed by atoms with Crippen LogP contribution in [0.15, 0.2) is 64.3 Å². The standard InChI is InChI=1S/C28H29N3O3S/c1-4-34-24-11-6-5-8-20(24)26-21(15-29)28(31-22-9-7-10-23(32)27(22)26)35-16-25(33)30-19-13-12-17(2)18(3)14-19/h5-6,8,11-14,26,31H,4,7,9-10,16H2,1-3H3,(H,30,33)/t26-/m0/s1. The van der Waals surface area contributed by atoms with Crippen LogP contribution in [0.2, 0.25) is 0 Å². The number of nitriles is 1. The lowest BCUT2D eigenvalue weighted by Crippen LogP contribution is -2.32. The lowest BCUT2D eigenvalue weighted by Gasteiger charge is -2.33. The Balaban J connectivity index is 1.64. The molecule has 0 fully saturated rings. The molecule has 1 heterocycles. The van der Waals surface area contributed by atoms with Crippen LogP contribution in [0.1, 0.15) is 48.8 Å². The van der Waals surface area contributed by atoms with Gasteiger partial charge in [0.05, 0.1) is 34.9 Å². The molecule has 0 saturated carbocycles. The lowest BCUT2D eigenvalue weighted by atomic mass is 9.76. The number of nitrogens with zero attached hydrogens (tertiary/aromatic N) is 1. The van der Waals surface area contributed by atoms with E-state index in [-0.39, 0.29) is 17.4 Å². The summed E-state index contributed by atoms with van der Waals surface area (Å²) in [7, 11) is 0. The van der Waals surface area contributed by atoms with Crippen LogP contribution in [-0.2, 0) is 9.59 Å². The number of para-hydroxylation sites is 1. The van der Waals surface area contributed by atoms with Gasteiger partial charge in [-0.15, -0.1) is 0 Å². The highest BCUT2D eigenvalue weighted by Crippen LogP contribution is 2.46. The highest BCUT2D eigenvalue weighted by Gasteiger charge is 2.38. The molecule has 6 nitrogen and oxygen atoms in total. The van der Waals surface area contributed by atoms with Crippen molar-refractivity contribution >= 4 is 29.1 Å². The fourth-order valence-electron chi connectivity index (χ4n) is 4.51. The number of carbonyl (C=O) groups excluding carboxylic acids is 2. The molecule has 0 radical (unpaired) electrons. The molecule has 0 saturated heterocycles. The van der Waals surface area contributed by atoms with Gasteiger partial charge in [-0.3, -0.25) is 9.59 Å². The third-order valence-corrected chi connectivity index (χ3v) is 7.35. The first kappa shape index (κ1) is 24.6. The second kappa shape index (κ2) is 10.8. The predicted molar refractivity (Wildman–Crippen MR) is 139 cm³/mol. The number of ketones is 1. The van der Waals surface area contributed by atoms with Crippen molar-refractivity contribution in [2.45, 2.75) is 46.0 Å². The molecular formula is C28H29N3O3S. The van der Waals surface area contributed by atoms with Gasteiger partial charge in [-0.1, -0.05) is 36.0 Å². The minimum Gasteiger partial charge on any atom is -0.494 e. The molecule has 180 valence electrons. The molecule has 0 bridgehead atoms. The number of allylic oxidation sites excluding steroid dienone is 3. The largest absolute Gasteiger partial charge is 0.494 e. The molecule has 1 aliphatic carbocycles. The summed E-state index contributed by atoms with van der Waals surface area (Å²) in [6.07, 6.45) is 1.96. The summed E-state index contributed by atoms with van der Waals surface area (Å²) in [5, 5.41) is 17.1. The molecular weight excluding hydrogens is 458 g/mol. The summed E-state index contributed by atoms with van der Waals surface area (Å²) >= 11 is 1.29. The molecule has 0 aromatic heterocycles. The lowest BCUT2D eigenvalue weighted by molar-refractivity contribution is -0.116. The molecule has 2 aliphatic rings. The van der Waals surface area contributed by atoms with Crippen LogP contribution in [-0.4, -0.2) is 24.1 Å². The number of nitrogens with one attached hydrogen (secondary N) is 2. The van der Waals surface area contributed by atoms with Crippen LogP contribution in [0.5, 0.6) is 5.75 Å². The van der Waals surface area contributed by atoms with Crippen molar-refractivity contribution in [1.82, 2.24) is 5.32 Å².